The third kappa shape index (κ3) is 15.3. The van der Waals surface area contributed by atoms with E-state index in [2.05, 4.69) is 15.6 Å². The molecule has 1 aliphatic heterocycles. The molecule has 1 aromatic heterocycles. The van der Waals surface area contributed by atoms with Crippen LogP contribution in [0.2, 0.25) is 0 Å². The number of carbonyl (C=O) groups excluding carboxylic acids is 3. The van der Waals surface area contributed by atoms with Crippen LogP contribution in [0.5, 0.6) is 0 Å². The van der Waals surface area contributed by atoms with Gasteiger partial charge in [0.25, 0.3) is 0 Å². The molecule has 4 N–H and O–H groups in total. The van der Waals surface area contributed by atoms with Gasteiger partial charge in [-0.2, -0.15) is 0 Å². The molecule has 1 unspecified atom stereocenters. The lowest BCUT2D eigenvalue weighted by molar-refractivity contribution is -0.144. The molecule has 14 heteroatoms. The molecule has 0 spiro atoms. The van der Waals surface area contributed by atoms with E-state index < -0.39 is 29.6 Å². The number of aliphatic carboxylic acids is 1. The van der Waals surface area contributed by atoms with E-state index in [-0.39, 0.29) is 50.1 Å². The Bertz CT molecular complexity index is 1400. The van der Waals surface area contributed by atoms with E-state index in [4.69, 9.17) is 19.3 Å². The highest BCUT2D eigenvalue weighted by Gasteiger charge is 2.44. The summed E-state index contributed by atoms with van der Waals surface area (Å²) in [6.07, 6.45) is 4.32. The molecular weight excluding hydrogens is 689 g/mol. The van der Waals surface area contributed by atoms with Gasteiger partial charge >= 0.3 is 5.97 Å². The van der Waals surface area contributed by atoms with Crippen molar-refractivity contribution >= 4 is 35.0 Å². The lowest BCUT2D eigenvalue weighted by Crippen LogP contribution is -2.57. The summed E-state index contributed by atoms with van der Waals surface area (Å²) in [5.74, 6) is -1.72. The van der Waals surface area contributed by atoms with Gasteiger partial charge in [-0.05, 0) is 49.1 Å². The molecule has 3 amide bonds. The molecule has 1 fully saturated rings. The van der Waals surface area contributed by atoms with E-state index in [0.29, 0.717) is 52.5 Å². The second-order valence-electron chi connectivity index (χ2n) is 14.3. The number of aromatic nitrogens is 1. The summed E-state index contributed by atoms with van der Waals surface area (Å²) in [4.78, 5) is 57.4. The molecule has 3 atom stereocenters. The fraction of sp³-hybridized carbons (Fsp3) is 0.658. The maximum atomic E-state index is 13.8. The zero-order chi connectivity index (χ0) is 37.9. The number of β-amino-alcohol motifs (C(OH)–C–C–N with tert-alkyl or cyclic N) is 1. The van der Waals surface area contributed by atoms with E-state index in [1.165, 1.54) is 4.90 Å². The van der Waals surface area contributed by atoms with Crippen LogP contribution in [0, 0.1) is 12.3 Å². The van der Waals surface area contributed by atoms with Crippen LogP contribution in [0.25, 0.3) is 10.4 Å². The number of nitrogens with zero attached hydrogens (tertiary/aromatic N) is 2. The molecule has 13 nitrogen and oxygen atoms in total. The smallest absolute Gasteiger partial charge is 0.303 e. The fourth-order valence-electron chi connectivity index (χ4n) is 5.88. The molecule has 1 aromatic carbocycles. The zero-order valence-electron chi connectivity index (χ0n) is 31.2. The van der Waals surface area contributed by atoms with Crippen LogP contribution in [-0.2, 0) is 39.9 Å². The van der Waals surface area contributed by atoms with Crippen LogP contribution >= 0.6 is 11.3 Å². The van der Waals surface area contributed by atoms with E-state index >= 15 is 0 Å². The lowest BCUT2D eigenvalue weighted by atomic mass is 9.85. The van der Waals surface area contributed by atoms with Gasteiger partial charge in [0.1, 0.15) is 12.1 Å². The molecule has 1 saturated heterocycles. The maximum Gasteiger partial charge on any atom is 0.303 e. The molecule has 0 bridgehead atoms. The Hall–Kier alpha value is -3.43. The van der Waals surface area contributed by atoms with Crippen molar-refractivity contribution in [3.8, 4) is 10.4 Å². The Morgan fingerprint density at radius 2 is 1.50 bits per heavy atom. The van der Waals surface area contributed by atoms with Gasteiger partial charge in [0.2, 0.25) is 17.7 Å². The van der Waals surface area contributed by atoms with Gasteiger partial charge in [-0.15, -0.1) is 11.3 Å². The Balaban J connectivity index is 1.32. The molecule has 290 valence electrons. The SMILES string of the molecule is Cc1ncsc1-c1ccc(CNC(=O)[C@@H]2C[C@@H](O)CN2C(=O)C(NC(=O)CCCCCOCCOCCOCCCCCC(=O)O)C(C)(C)C)cc1. The number of aliphatic hydroxyl groups is 1. The highest BCUT2D eigenvalue weighted by molar-refractivity contribution is 7.13. The van der Waals surface area contributed by atoms with Crippen LogP contribution in [0.1, 0.15) is 89.8 Å². The summed E-state index contributed by atoms with van der Waals surface area (Å²) in [6, 6.07) is 6.20. The fourth-order valence-corrected chi connectivity index (χ4v) is 6.69. The van der Waals surface area contributed by atoms with E-state index in [9.17, 15) is 24.3 Å². The molecule has 3 rings (SSSR count). The summed E-state index contributed by atoms with van der Waals surface area (Å²) >= 11 is 1.58. The second-order valence-corrected chi connectivity index (χ2v) is 15.2. The van der Waals surface area contributed by atoms with E-state index in [0.717, 1.165) is 47.4 Å². The van der Waals surface area contributed by atoms with Crippen molar-refractivity contribution in [1.82, 2.24) is 20.5 Å². The standard InChI is InChI=1S/C38H58N4O9S/c1-27-34(52-26-40-27)29-15-13-28(14-16-29)24-39-36(47)31-23-30(43)25-42(31)37(48)35(38(2,3)4)41-32(44)11-7-5-9-17-49-19-21-51-22-20-50-18-10-6-8-12-33(45)46/h13-16,26,30-31,35,43H,5-12,17-25H2,1-4H3,(H,39,47)(H,41,44)(H,45,46)/t30-,31+,35?/m1/s1. The van der Waals surface area contributed by atoms with Crippen LogP contribution < -0.4 is 10.6 Å². The summed E-state index contributed by atoms with van der Waals surface area (Å²) < 4.78 is 16.6. The molecule has 52 heavy (non-hydrogen) atoms. The average Bonchev–Trinajstić information content (AvgIpc) is 3.72. The number of aryl methyl sites for hydroxylation is 1. The van der Waals surface area contributed by atoms with Gasteiger partial charge in [-0.25, -0.2) is 4.98 Å². The van der Waals surface area contributed by atoms with Crippen molar-refractivity contribution in [3.05, 3.63) is 41.0 Å². The van der Waals surface area contributed by atoms with Crippen molar-refractivity contribution in [2.45, 2.75) is 110 Å². The first kappa shape index (κ1) is 43.0. The summed E-state index contributed by atoms with van der Waals surface area (Å²) in [5.41, 5.74) is 4.14. The van der Waals surface area contributed by atoms with Crippen molar-refractivity contribution < 1.29 is 43.6 Å². The molecule has 0 saturated carbocycles. The van der Waals surface area contributed by atoms with Crippen LogP contribution in [0.4, 0.5) is 0 Å². The molecule has 2 heterocycles. The number of likely N-dealkylation sites (tertiary alicyclic amines) is 1. The third-order valence-corrected chi connectivity index (χ3v) is 9.80. The zero-order valence-corrected chi connectivity index (χ0v) is 32.0. The number of rotatable bonds is 24. The Kier molecular flexibility index (Phi) is 18.7. The first-order valence-corrected chi connectivity index (χ1v) is 19.2. The Labute approximate surface area is 311 Å². The minimum atomic E-state index is -0.860. The van der Waals surface area contributed by atoms with Gasteiger partial charge in [-0.1, -0.05) is 57.9 Å². The van der Waals surface area contributed by atoms with E-state index in [1.807, 2.05) is 57.5 Å². The molecule has 0 aliphatic carbocycles. The summed E-state index contributed by atoms with van der Waals surface area (Å²) in [6.45, 7) is 10.9. The minimum Gasteiger partial charge on any atom is -0.481 e. The minimum absolute atomic E-state index is 0.0265. The monoisotopic (exact) mass is 746 g/mol. The largest absolute Gasteiger partial charge is 0.481 e. The highest BCUT2D eigenvalue weighted by Crippen LogP contribution is 2.28. The predicted molar refractivity (Wildman–Crippen MR) is 199 cm³/mol. The van der Waals surface area contributed by atoms with Gasteiger partial charge in [0.05, 0.1) is 48.6 Å². The number of ether oxygens (including phenoxy) is 3. The van der Waals surface area contributed by atoms with Crippen LogP contribution in [-0.4, -0.2) is 108 Å². The second kappa shape index (κ2) is 22.6. The number of unbranched alkanes of at least 4 members (excludes halogenated alkanes) is 4. The number of carboxylic acid groups (broad SMARTS) is 1. The van der Waals surface area contributed by atoms with Crippen molar-refractivity contribution in [2.75, 3.05) is 46.2 Å². The molecule has 2 aromatic rings. The number of hydrogen-bond donors (Lipinski definition) is 4. The first-order valence-electron chi connectivity index (χ1n) is 18.4. The Morgan fingerprint density at radius 1 is 0.904 bits per heavy atom. The average molecular weight is 747 g/mol. The summed E-state index contributed by atoms with van der Waals surface area (Å²) in [5, 5.41) is 25.0. The number of benzene rings is 1. The predicted octanol–water partition coefficient (Wildman–Crippen LogP) is 4.48. The lowest BCUT2D eigenvalue weighted by Gasteiger charge is -2.35. The number of nitrogens with one attached hydrogen (secondary N) is 2. The van der Waals surface area contributed by atoms with Gasteiger partial charge in [-0.3, -0.25) is 19.2 Å². The topological polar surface area (TPSA) is 177 Å². The van der Waals surface area contributed by atoms with Crippen LogP contribution in [0.3, 0.4) is 0 Å². The number of carbonyl (C=O) groups is 4. The summed E-state index contributed by atoms with van der Waals surface area (Å²) in [7, 11) is 0. The number of carboxylic acids is 1. The van der Waals surface area contributed by atoms with Gasteiger partial charge in [0.15, 0.2) is 0 Å². The molecular formula is C38H58N4O9S. The Morgan fingerprint density at radius 3 is 2.06 bits per heavy atom. The number of amides is 3. The van der Waals surface area contributed by atoms with Crippen molar-refractivity contribution in [2.24, 2.45) is 5.41 Å². The van der Waals surface area contributed by atoms with Gasteiger partial charge in [0, 0.05) is 45.6 Å². The maximum absolute atomic E-state index is 13.8. The quantitative estimate of drug-likeness (QED) is 0.112. The normalized spacial score (nSPS) is 16.5. The number of thiazole rings is 1. The van der Waals surface area contributed by atoms with Gasteiger partial charge < -0.3 is 40.0 Å². The molecule has 0 radical (unpaired) electrons. The number of aliphatic hydroxyl groups excluding tert-OH is 1. The highest BCUT2D eigenvalue weighted by atomic mass is 32.1. The van der Waals surface area contributed by atoms with E-state index in [1.54, 1.807) is 11.3 Å². The number of hydrogen-bond acceptors (Lipinski definition) is 10. The van der Waals surface area contributed by atoms with Crippen LogP contribution in [0.15, 0.2) is 29.8 Å². The third-order valence-electron chi connectivity index (χ3n) is 8.83. The van der Waals surface area contributed by atoms with Crippen molar-refractivity contribution in [3.63, 3.8) is 0 Å². The first-order chi connectivity index (χ1) is 24.9. The molecule has 1 aliphatic rings. The van der Waals surface area contributed by atoms with Crippen molar-refractivity contribution in [1.29, 1.82) is 0 Å².